The maximum Gasteiger partial charge on any atom is 0.130 e. The quantitative estimate of drug-likeness (QED) is 0.780. The summed E-state index contributed by atoms with van der Waals surface area (Å²) in [6.07, 6.45) is 0. The van der Waals surface area contributed by atoms with Crippen molar-refractivity contribution in [1.29, 1.82) is 0 Å². The Hall–Kier alpha value is -0.650. The number of nitrogens with zero attached hydrogens (tertiary/aromatic N) is 1. The Morgan fingerprint density at radius 3 is 2.61 bits per heavy atom. The standard InChI is InChI=1S/C13H19BrN2OS/c1-3-16(4-2)7-8-17-12-9-10(14)5-6-11(12)13(15)18/h5-6,9H,3-4,7-8H2,1-2H3,(H2,15,18). The van der Waals surface area contributed by atoms with Gasteiger partial charge in [-0.15, -0.1) is 0 Å². The molecule has 0 atom stereocenters. The van der Waals surface area contributed by atoms with E-state index in [4.69, 9.17) is 22.7 Å². The second-order valence-corrected chi connectivity index (χ2v) is 5.24. The Morgan fingerprint density at radius 1 is 1.39 bits per heavy atom. The number of likely N-dealkylation sites (N-methyl/N-ethyl adjacent to an activating group) is 1. The molecule has 0 aliphatic rings. The fraction of sp³-hybridized carbons (Fsp3) is 0.462. The van der Waals surface area contributed by atoms with Gasteiger partial charge in [0.15, 0.2) is 0 Å². The molecule has 0 saturated carbocycles. The molecule has 0 aliphatic heterocycles. The minimum Gasteiger partial charge on any atom is -0.491 e. The topological polar surface area (TPSA) is 38.5 Å². The Bertz CT molecular complexity index is 408. The lowest BCUT2D eigenvalue weighted by molar-refractivity contribution is 0.222. The van der Waals surface area contributed by atoms with Gasteiger partial charge < -0.3 is 15.4 Å². The monoisotopic (exact) mass is 330 g/mol. The molecule has 1 aromatic rings. The molecular weight excluding hydrogens is 312 g/mol. The highest BCUT2D eigenvalue weighted by Crippen LogP contribution is 2.23. The van der Waals surface area contributed by atoms with Crippen molar-refractivity contribution in [2.75, 3.05) is 26.2 Å². The molecule has 0 radical (unpaired) electrons. The molecule has 0 spiro atoms. The van der Waals surface area contributed by atoms with Gasteiger partial charge in [0.05, 0.1) is 5.56 Å². The average Bonchev–Trinajstić information content (AvgIpc) is 2.34. The number of nitrogens with two attached hydrogens (primary N) is 1. The molecular formula is C13H19BrN2OS. The average molecular weight is 331 g/mol. The summed E-state index contributed by atoms with van der Waals surface area (Å²) in [7, 11) is 0. The van der Waals surface area contributed by atoms with Crippen LogP contribution in [0.25, 0.3) is 0 Å². The maximum atomic E-state index is 5.77. The van der Waals surface area contributed by atoms with Crippen molar-refractivity contribution in [3.63, 3.8) is 0 Å². The summed E-state index contributed by atoms with van der Waals surface area (Å²) in [6, 6.07) is 5.68. The molecule has 3 nitrogen and oxygen atoms in total. The lowest BCUT2D eigenvalue weighted by Crippen LogP contribution is -2.28. The van der Waals surface area contributed by atoms with E-state index in [1.165, 1.54) is 0 Å². The van der Waals surface area contributed by atoms with Crippen molar-refractivity contribution >= 4 is 33.1 Å². The normalized spacial score (nSPS) is 10.7. The summed E-state index contributed by atoms with van der Waals surface area (Å²) in [5, 5.41) is 0. The molecule has 100 valence electrons. The predicted octanol–water partition coefficient (Wildman–Crippen LogP) is 2.80. The number of hydrogen-bond donors (Lipinski definition) is 1. The van der Waals surface area contributed by atoms with E-state index in [1.807, 2.05) is 18.2 Å². The number of thiocarbonyl (C=S) groups is 1. The third-order valence-electron chi connectivity index (χ3n) is 2.77. The second kappa shape index (κ2) is 7.71. The molecule has 1 rings (SSSR count). The van der Waals surface area contributed by atoms with E-state index < -0.39 is 0 Å². The van der Waals surface area contributed by atoms with Crippen LogP contribution in [-0.2, 0) is 0 Å². The van der Waals surface area contributed by atoms with Gasteiger partial charge in [0.1, 0.15) is 17.3 Å². The van der Waals surface area contributed by atoms with E-state index >= 15 is 0 Å². The first kappa shape index (κ1) is 15.4. The molecule has 0 aliphatic carbocycles. The van der Waals surface area contributed by atoms with Gasteiger partial charge in [-0.05, 0) is 31.3 Å². The third kappa shape index (κ3) is 4.55. The van der Waals surface area contributed by atoms with Crippen LogP contribution >= 0.6 is 28.1 Å². The van der Waals surface area contributed by atoms with Crippen LogP contribution in [0.5, 0.6) is 5.75 Å². The first-order valence-corrected chi connectivity index (χ1v) is 7.23. The molecule has 0 unspecified atom stereocenters. The van der Waals surface area contributed by atoms with Gasteiger partial charge in [0.2, 0.25) is 0 Å². The van der Waals surface area contributed by atoms with E-state index in [0.29, 0.717) is 11.6 Å². The van der Waals surface area contributed by atoms with Crippen molar-refractivity contribution < 1.29 is 4.74 Å². The minimum atomic E-state index is 0.361. The van der Waals surface area contributed by atoms with Crippen molar-refractivity contribution in [3.05, 3.63) is 28.2 Å². The van der Waals surface area contributed by atoms with Gasteiger partial charge in [-0.2, -0.15) is 0 Å². The molecule has 18 heavy (non-hydrogen) atoms. The Labute approximate surface area is 122 Å². The molecule has 0 fully saturated rings. The number of hydrogen-bond acceptors (Lipinski definition) is 3. The van der Waals surface area contributed by atoms with E-state index in [-0.39, 0.29) is 0 Å². The second-order valence-electron chi connectivity index (χ2n) is 3.88. The zero-order valence-electron chi connectivity index (χ0n) is 10.8. The summed E-state index contributed by atoms with van der Waals surface area (Å²) >= 11 is 8.43. The van der Waals surface area contributed by atoms with Crippen molar-refractivity contribution in [1.82, 2.24) is 4.90 Å². The van der Waals surface area contributed by atoms with Crippen LogP contribution in [-0.4, -0.2) is 36.1 Å². The first-order valence-electron chi connectivity index (χ1n) is 6.03. The molecule has 0 aromatic heterocycles. The van der Waals surface area contributed by atoms with Crippen LogP contribution in [0.1, 0.15) is 19.4 Å². The van der Waals surface area contributed by atoms with Crippen LogP contribution in [0.3, 0.4) is 0 Å². The Kier molecular flexibility index (Phi) is 6.60. The largest absolute Gasteiger partial charge is 0.491 e. The highest BCUT2D eigenvalue weighted by atomic mass is 79.9. The highest BCUT2D eigenvalue weighted by Gasteiger charge is 2.08. The zero-order valence-corrected chi connectivity index (χ0v) is 13.2. The van der Waals surface area contributed by atoms with E-state index in [9.17, 15) is 0 Å². The summed E-state index contributed by atoms with van der Waals surface area (Å²) in [5.74, 6) is 0.740. The van der Waals surface area contributed by atoms with Crippen molar-refractivity contribution in [3.8, 4) is 5.75 Å². The predicted molar refractivity (Wildman–Crippen MR) is 83.3 cm³/mol. The van der Waals surface area contributed by atoms with Gasteiger partial charge >= 0.3 is 0 Å². The summed E-state index contributed by atoms with van der Waals surface area (Å²) < 4.78 is 6.73. The number of halogens is 1. The van der Waals surface area contributed by atoms with Gasteiger partial charge in [-0.1, -0.05) is 42.0 Å². The van der Waals surface area contributed by atoms with Gasteiger partial charge in [0, 0.05) is 11.0 Å². The van der Waals surface area contributed by atoms with E-state index in [2.05, 4.69) is 34.7 Å². The smallest absolute Gasteiger partial charge is 0.130 e. The minimum absolute atomic E-state index is 0.361. The molecule has 0 heterocycles. The van der Waals surface area contributed by atoms with E-state index in [0.717, 1.165) is 35.4 Å². The number of ether oxygens (including phenoxy) is 1. The molecule has 0 saturated heterocycles. The summed E-state index contributed by atoms with van der Waals surface area (Å²) in [4.78, 5) is 2.67. The van der Waals surface area contributed by atoms with Crippen molar-refractivity contribution in [2.24, 2.45) is 5.73 Å². The third-order valence-corrected chi connectivity index (χ3v) is 3.48. The van der Waals surface area contributed by atoms with E-state index in [1.54, 1.807) is 0 Å². The summed E-state index contributed by atoms with van der Waals surface area (Å²) in [5.41, 5.74) is 6.46. The van der Waals surface area contributed by atoms with Gasteiger partial charge in [-0.25, -0.2) is 0 Å². The lowest BCUT2D eigenvalue weighted by atomic mass is 10.2. The van der Waals surface area contributed by atoms with Crippen molar-refractivity contribution in [2.45, 2.75) is 13.8 Å². The summed E-state index contributed by atoms with van der Waals surface area (Å²) in [6.45, 7) is 7.87. The highest BCUT2D eigenvalue weighted by molar-refractivity contribution is 9.10. The molecule has 2 N–H and O–H groups in total. The maximum absolute atomic E-state index is 5.77. The lowest BCUT2D eigenvalue weighted by Gasteiger charge is -2.19. The van der Waals surface area contributed by atoms with Crippen LogP contribution in [0.4, 0.5) is 0 Å². The molecule has 1 aromatic carbocycles. The first-order chi connectivity index (χ1) is 8.58. The van der Waals surface area contributed by atoms with Gasteiger partial charge in [-0.3, -0.25) is 0 Å². The van der Waals surface area contributed by atoms with Crippen LogP contribution in [0.15, 0.2) is 22.7 Å². The molecule has 0 bridgehead atoms. The number of benzene rings is 1. The fourth-order valence-corrected chi connectivity index (χ4v) is 2.15. The van der Waals surface area contributed by atoms with Crippen LogP contribution in [0, 0.1) is 0 Å². The number of rotatable bonds is 7. The van der Waals surface area contributed by atoms with Gasteiger partial charge in [0.25, 0.3) is 0 Å². The van der Waals surface area contributed by atoms with Crippen LogP contribution < -0.4 is 10.5 Å². The Morgan fingerprint density at radius 2 is 2.06 bits per heavy atom. The molecule has 5 heteroatoms. The zero-order chi connectivity index (χ0) is 13.5. The SMILES string of the molecule is CCN(CC)CCOc1cc(Br)ccc1C(N)=S. The fourth-order valence-electron chi connectivity index (χ4n) is 1.64. The van der Waals surface area contributed by atoms with Crippen LogP contribution in [0.2, 0.25) is 0 Å². The Balaban J connectivity index is 2.66. The molecule has 0 amide bonds.